The van der Waals surface area contributed by atoms with Crippen LogP contribution in [0.3, 0.4) is 0 Å². The Morgan fingerprint density at radius 2 is 0.650 bits per heavy atom. The van der Waals surface area contributed by atoms with Gasteiger partial charge in [-0.3, -0.25) is 0 Å². The number of aromatic nitrogens is 2. The molecule has 0 N–H and O–H groups in total. The van der Waals surface area contributed by atoms with Gasteiger partial charge in [-0.05, 0) is 45.8 Å². The van der Waals surface area contributed by atoms with Crippen LogP contribution in [0.2, 0.25) is 0 Å². The molecule has 0 amide bonds. The van der Waals surface area contributed by atoms with Crippen molar-refractivity contribution >= 4 is 71.0 Å². The highest BCUT2D eigenvalue weighted by Gasteiger charge is 2.66. The quantitative estimate of drug-likeness (QED) is 0.143. The minimum absolute atomic E-state index is 0.965. The van der Waals surface area contributed by atoms with Crippen LogP contribution in [-0.4, -0.2) is 26.8 Å². The molecule has 6 heteroatoms. The van der Waals surface area contributed by atoms with E-state index >= 15 is 0 Å². The lowest BCUT2D eigenvalue weighted by Gasteiger charge is -2.83. The third-order valence-corrected chi connectivity index (χ3v) is 23.9. The molecule has 11 rings (SSSR count). The lowest BCUT2D eigenvalue weighted by Crippen LogP contribution is -3.08. The summed E-state index contributed by atoms with van der Waals surface area (Å²) in [5.41, 5.74) is 6.41. The van der Waals surface area contributed by atoms with Crippen LogP contribution in [0.5, 0.6) is 0 Å². The number of nitrogens with zero attached hydrogens (tertiary/aromatic N) is 4. The summed E-state index contributed by atoms with van der Waals surface area (Å²) in [5.74, 6) is 1.97. The first-order valence-corrected chi connectivity index (χ1v) is 24.3. The van der Waals surface area contributed by atoms with Crippen LogP contribution in [0.15, 0.2) is 243 Å². The van der Waals surface area contributed by atoms with Crippen molar-refractivity contribution in [3.63, 3.8) is 0 Å². The Bertz CT molecular complexity index is 2790. The third kappa shape index (κ3) is 5.49. The second-order valence-corrected chi connectivity index (χ2v) is 23.0. The van der Waals surface area contributed by atoms with Crippen LogP contribution in [0.4, 0.5) is 11.6 Å². The first-order valence-electron chi connectivity index (χ1n) is 20.5. The number of anilines is 2. The maximum absolute atomic E-state index is 5.87. The summed E-state index contributed by atoms with van der Waals surface area (Å²) >= 11 is 0. The second kappa shape index (κ2) is 14.8. The smallest absolute Gasteiger partial charge is 0.263 e. The van der Waals surface area contributed by atoms with Gasteiger partial charge in [0.15, 0.2) is 0 Å². The molecule has 0 saturated carbocycles. The van der Waals surface area contributed by atoms with E-state index in [9.17, 15) is 0 Å². The second-order valence-electron chi connectivity index (χ2n) is 15.3. The van der Waals surface area contributed by atoms with Gasteiger partial charge >= 0.3 is 0 Å². The maximum atomic E-state index is 5.87. The Hall–Kier alpha value is -7.39. The van der Waals surface area contributed by atoms with Gasteiger partial charge in [0, 0.05) is 21.9 Å². The fourth-order valence-electron chi connectivity index (χ4n) is 9.50. The average molecular weight is 801 g/mol. The predicted octanol–water partition coefficient (Wildman–Crippen LogP) is 9.96. The Morgan fingerprint density at radius 1 is 0.333 bits per heavy atom. The maximum Gasteiger partial charge on any atom is 0.263 e. The first kappa shape index (κ1) is 35.8. The van der Waals surface area contributed by atoms with E-state index in [-0.39, 0.29) is 0 Å². The van der Waals surface area contributed by atoms with Gasteiger partial charge in [0.1, 0.15) is 8.40 Å². The predicted molar refractivity (Wildman–Crippen MR) is 255 cm³/mol. The zero-order chi connectivity index (χ0) is 39.9. The normalized spacial score (nSPS) is 14.2. The van der Waals surface area contributed by atoms with Gasteiger partial charge in [-0.25, -0.2) is 9.97 Å². The average Bonchev–Trinajstić information content (AvgIpc) is 3.33. The van der Waals surface area contributed by atoms with E-state index in [0.717, 1.165) is 55.7 Å². The number of hydrogen-bond donors (Lipinski definition) is 0. The number of hydrogen-bond acceptors (Lipinski definition) is 4. The third-order valence-electron chi connectivity index (χ3n) is 12.0. The van der Waals surface area contributed by atoms with Crippen molar-refractivity contribution in [1.82, 2.24) is 9.97 Å². The van der Waals surface area contributed by atoms with E-state index in [1.807, 2.05) is 0 Å². The molecule has 1 aliphatic rings. The van der Waals surface area contributed by atoms with E-state index in [1.54, 1.807) is 0 Å². The highest BCUT2D eigenvalue weighted by atomic mass is 28.5. The number of para-hydroxylation sites is 2. The molecule has 0 aliphatic carbocycles. The van der Waals surface area contributed by atoms with E-state index in [4.69, 9.17) is 9.97 Å². The SMILES string of the molecule is c1ccc(-c2cc3ccccc3nc2N2[Si](c3ccccc3)(c3ccccc3)N(c3nc4ccccc4cc3-c3ccccc3)[Si-]2(c2ccccc2)c2ccccc2)cc1. The summed E-state index contributed by atoms with van der Waals surface area (Å²) in [6.45, 7) is 0. The van der Waals surface area contributed by atoms with E-state index in [0.29, 0.717) is 0 Å². The lowest BCUT2D eigenvalue weighted by molar-refractivity contribution is 1.15. The highest BCUT2D eigenvalue weighted by Crippen LogP contribution is 2.50. The zero-order valence-corrected chi connectivity index (χ0v) is 34.9. The molecule has 1 aliphatic heterocycles. The molecular weight excluding hydrogens is 761 g/mol. The molecule has 10 aromatic rings. The monoisotopic (exact) mass is 800 g/mol. The van der Waals surface area contributed by atoms with Gasteiger partial charge in [-0.2, -0.15) is 0 Å². The molecule has 0 bridgehead atoms. The van der Waals surface area contributed by atoms with Gasteiger partial charge in [-0.1, -0.05) is 218 Å². The Balaban J connectivity index is 1.39. The summed E-state index contributed by atoms with van der Waals surface area (Å²) in [6, 6.07) is 88.5. The summed E-state index contributed by atoms with van der Waals surface area (Å²) in [4.78, 5) is 11.7. The minimum atomic E-state index is -3.44. The van der Waals surface area contributed by atoms with Gasteiger partial charge in [-0.15, -0.1) is 10.4 Å². The Labute approximate surface area is 352 Å². The molecule has 0 atom stereocenters. The van der Waals surface area contributed by atoms with Crippen LogP contribution in [-0.2, 0) is 0 Å². The first-order chi connectivity index (χ1) is 29.8. The van der Waals surface area contributed by atoms with Crippen molar-refractivity contribution in [1.29, 1.82) is 0 Å². The largest absolute Gasteiger partial charge is 0.491 e. The van der Waals surface area contributed by atoms with Gasteiger partial charge in [0.05, 0.1) is 22.7 Å². The van der Waals surface area contributed by atoms with Crippen molar-refractivity contribution in [2.24, 2.45) is 0 Å². The topological polar surface area (TPSA) is 32.3 Å². The van der Waals surface area contributed by atoms with E-state index in [2.05, 4.69) is 251 Å². The van der Waals surface area contributed by atoms with Crippen LogP contribution in [0.1, 0.15) is 0 Å². The summed E-state index contributed by atoms with van der Waals surface area (Å²) < 4.78 is 5.77. The molecule has 0 spiro atoms. The van der Waals surface area contributed by atoms with Crippen molar-refractivity contribution < 1.29 is 0 Å². The Morgan fingerprint density at radius 3 is 1.03 bits per heavy atom. The van der Waals surface area contributed by atoms with Crippen molar-refractivity contribution in [3.8, 4) is 22.3 Å². The molecule has 1 fully saturated rings. The number of rotatable bonds is 8. The molecule has 0 unspecified atom stereocenters. The van der Waals surface area contributed by atoms with Crippen molar-refractivity contribution in [2.75, 3.05) is 8.46 Å². The van der Waals surface area contributed by atoms with E-state index < -0.39 is 16.8 Å². The van der Waals surface area contributed by atoms with Crippen LogP contribution in [0, 0.1) is 0 Å². The number of pyridine rings is 2. The van der Waals surface area contributed by atoms with Crippen LogP contribution < -0.4 is 29.2 Å². The van der Waals surface area contributed by atoms with Gasteiger partial charge in [0.25, 0.3) is 8.40 Å². The lowest BCUT2D eigenvalue weighted by atomic mass is 10.0. The molecule has 8 aromatic carbocycles. The molecule has 4 nitrogen and oxygen atoms in total. The summed E-state index contributed by atoms with van der Waals surface area (Å²) in [7, 11) is -6.87. The van der Waals surface area contributed by atoms with Gasteiger partial charge in [0.2, 0.25) is 0 Å². The number of fused-ring (bicyclic) bond motifs is 2. The molecular formula is C54H40N4Si2-. The fourth-order valence-corrected chi connectivity index (χ4v) is 24.6. The number of benzene rings is 8. The molecule has 285 valence electrons. The highest BCUT2D eigenvalue weighted by molar-refractivity contribution is 7.38. The minimum Gasteiger partial charge on any atom is -0.491 e. The zero-order valence-electron chi connectivity index (χ0n) is 32.9. The van der Waals surface area contributed by atoms with Crippen molar-refractivity contribution in [3.05, 3.63) is 243 Å². The Kier molecular flexibility index (Phi) is 8.80. The fraction of sp³-hybridized carbons (Fsp3) is 0. The summed E-state index contributed by atoms with van der Waals surface area (Å²) in [5, 5.41) is 7.25. The summed E-state index contributed by atoms with van der Waals surface area (Å²) in [6.07, 6.45) is 0. The van der Waals surface area contributed by atoms with Crippen LogP contribution >= 0.6 is 0 Å². The van der Waals surface area contributed by atoms with Crippen molar-refractivity contribution in [2.45, 2.75) is 0 Å². The van der Waals surface area contributed by atoms with Gasteiger partial charge < -0.3 is 8.46 Å². The molecule has 60 heavy (non-hydrogen) atoms. The molecule has 0 radical (unpaired) electrons. The molecule has 3 heterocycles. The van der Waals surface area contributed by atoms with E-state index in [1.165, 1.54) is 20.7 Å². The molecule has 1 saturated heterocycles. The molecule has 2 aromatic heterocycles. The van der Waals surface area contributed by atoms with Crippen LogP contribution in [0.25, 0.3) is 44.1 Å². The standard InChI is InChI=1S/C54H40N4Si2/c1-7-23-41(24-8-1)49-39-43-27-19-21-37-51(43)55-53(49)57-59(45-29-11-3-12-30-45,46-31-13-4-14-32-46)58(60(57,47-33-15-5-16-34-47)48-35-17-6-18-36-48)54-50(42-25-9-2-10-26-42)40-44-28-20-22-38-52(44)56-54/h1-40H/q-1.